The second kappa shape index (κ2) is 2.71. The third-order valence-corrected chi connectivity index (χ3v) is 3.65. The Morgan fingerprint density at radius 1 is 1.17 bits per heavy atom. The minimum absolute atomic E-state index is 0.206. The quantitative estimate of drug-likeness (QED) is 0.643. The van der Waals surface area contributed by atoms with Gasteiger partial charge in [-0.2, -0.15) is 0 Å². The molecule has 0 aromatic carbocycles. The number of methoxy groups -OCH3 is 1. The Labute approximate surface area is 74.7 Å². The number of piperidine rings is 1. The first-order valence-corrected chi connectivity index (χ1v) is 4.94. The molecule has 12 heavy (non-hydrogen) atoms. The van der Waals surface area contributed by atoms with Gasteiger partial charge in [0.15, 0.2) is 0 Å². The van der Waals surface area contributed by atoms with Crippen LogP contribution < -0.4 is 5.32 Å². The molecule has 1 saturated heterocycles. The fourth-order valence-electron chi connectivity index (χ4n) is 2.99. The molecule has 0 radical (unpaired) electrons. The van der Waals surface area contributed by atoms with E-state index < -0.39 is 0 Å². The van der Waals surface area contributed by atoms with Gasteiger partial charge >= 0.3 is 0 Å². The fourth-order valence-corrected chi connectivity index (χ4v) is 2.99. The van der Waals surface area contributed by atoms with Crippen molar-refractivity contribution in [3.8, 4) is 0 Å². The standard InChI is InChI=1S/C10H19NO/c1-9(12-2)7-10(8-9)3-5-11-6-4-10/h11H,3-8H2,1-2H3. The van der Waals surface area contributed by atoms with Gasteiger partial charge < -0.3 is 10.1 Å². The minimum Gasteiger partial charge on any atom is -0.378 e. The highest BCUT2D eigenvalue weighted by molar-refractivity contribution is 5.04. The van der Waals surface area contributed by atoms with Crippen LogP contribution >= 0.6 is 0 Å². The summed E-state index contributed by atoms with van der Waals surface area (Å²) in [5, 5.41) is 3.41. The van der Waals surface area contributed by atoms with Crippen LogP contribution in [0.3, 0.4) is 0 Å². The molecule has 1 spiro atoms. The average molecular weight is 169 g/mol. The molecule has 0 aromatic rings. The largest absolute Gasteiger partial charge is 0.378 e. The van der Waals surface area contributed by atoms with Crippen LogP contribution in [-0.4, -0.2) is 25.8 Å². The van der Waals surface area contributed by atoms with E-state index in [9.17, 15) is 0 Å². The van der Waals surface area contributed by atoms with E-state index in [2.05, 4.69) is 12.2 Å². The maximum Gasteiger partial charge on any atom is 0.0661 e. The van der Waals surface area contributed by atoms with E-state index in [-0.39, 0.29) is 5.60 Å². The van der Waals surface area contributed by atoms with Gasteiger partial charge in [0.25, 0.3) is 0 Å². The van der Waals surface area contributed by atoms with Crippen molar-refractivity contribution in [3.63, 3.8) is 0 Å². The lowest BCUT2D eigenvalue weighted by molar-refractivity contribution is -0.149. The van der Waals surface area contributed by atoms with E-state index in [1.54, 1.807) is 0 Å². The van der Waals surface area contributed by atoms with Gasteiger partial charge in [-0.05, 0) is 51.1 Å². The Hall–Kier alpha value is -0.0800. The number of ether oxygens (including phenoxy) is 1. The monoisotopic (exact) mass is 169 g/mol. The topological polar surface area (TPSA) is 21.3 Å². The van der Waals surface area contributed by atoms with E-state index >= 15 is 0 Å². The predicted octanol–water partition coefficient (Wildman–Crippen LogP) is 1.56. The zero-order valence-corrected chi connectivity index (χ0v) is 8.15. The van der Waals surface area contributed by atoms with Crippen LogP contribution in [0.25, 0.3) is 0 Å². The molecule has 2 rings (SSSR count). The highest BCUT2D eigenvalue weighted by Gasteiger charge is 2.51. The molecule has 2 aliphatic rings. The van der Waals surface area contributed by atoms with Gasteiger partial charge in [-0.3, -0.25) is 0 Å². The average Bonchev–Trinajstić information content (AvgIpc) is 2.04. The predicted molar refractivity (Wildman–Crippen MR) is 49.2 cm³/mol. The molecule has 0 unspecified atom stereocenters. The fraction of sp³-hybridized carbons (Fsp3) is 1.00. The summed E-state index contributed by atoms with van der Waals surface area (Å²) in [5.74, 6) is 0. The maximum atomic E-state index is 5.48. The molecule has 2 heteroatoms. The van der Waals surface area contributed by atoms with Crippen molar-refractivity contribution < 1.29 is 4.74 Å². The highest BCUT2D eigenvalue weighted by atomic mass is 16.5. The first-order valence-electron chi connectivity index (χ1n) is 4.94. The Kier molecular flexibility index (Phi) is 1.92. The summed E-state index contributed by atoms with van der Waals surface area (Å²) < 4.78 is 5.48. The Bertz CT molecular complexity index is 165. The number of hydrogen-bond acceptors (Lipinski definition) is 2. The van der Waals surface area contributed by atoms with Crippen molar-refractivity contribution in [3.05, 3.63) is 0 Å². The summed E-state index contributed by atoms with van der Waals surface area (Å²) in [6.07, 6.45) is 5.26. The van der Waals surface area contributed by atoms with Crippen LogP contribution in [-0.2, 0) is 4.74 Å². The van der Waals surface area contributed by atoms with Crippen LogP contribution in [0, 0.1) is 5.41 Å². The lowest BCUT2D eigenvalue weighted by Crippen LogP contribution is -2.55. The van der Waals surface area contributed by atoms with Gasteiger partial charge in [0.1, 0.15) is 0 Å². The molecule has 1 heterocycles. The summed E-state index contributed by atoms with van der Waals surface area (Å²) in [6, 6.07) is 0. The zero-order valence-electron chi connectivity index (χ0n) is 8.15. The van der Waals surface area contributed by atoms with E-state index in [0.29, 0.717) is 5.41 Å². The third kappa shape index (κ3) is 1.27. The van der Waals surface area contributed by atoms with Crippen molar-refractivity contribution >= 4 is 0 Å². The lowest BCUT2D eigenvalue weighted by Gasteiger charge is -2.55. The van der Waals surface area contributed by atoms with Gasteiger partial charge in [0, 0.05) is 7.11 Å². The van der Waals surface area contributed by atoms with Crippen molar-refractivity contribution in [1.82, 2.24) is 5.32 Å². The van der Waals surface area contributed by atoms with Crippen LogP contribution in [0.5, 0.6) is 0 Å². The first-order chi connectivity index (χ1) is 5.68. The molecule has 0 aromatic heterocycles. The zero-order chi connectivity index (χ0) is 8.66. The molecular weight excluding hydrogens is 150 g/mol. The van der Waals surface area contributed by atoms with E-state index in [1.165, 1.54) is 38.8 Å². The van der Waals surface area contributed by atoms with E-state index in [1.807, 2.05) is 7.11 Å². The Morgan fingerprint density at radius 2 is 1.75 bits per heavy atom. The molecule has 70 valence electrons. The molecule has 0 bridgehead atoms. The van der Waals surface area contributed by atoms with Crippen LogP contribution in [0.2, 0.25) is 0 Å². The number of rotatable bonds is 1. The number of hydrogen-bond donors (Lipinski definition) is 1. The van der Waals surface area contributed by atoms with Gasteiger partial charge in [-0.1, -0.05) is 0 Å². The molecule has 1 saturated carbocycles. The second-order valence-corrected chi connectivity index (χ2v) is 4.76. The van der Waals surface area contributed by atoms with Crippen LogP contribution in [0.1, 0.15) is 32.6 Å². The summed E-state index contributed by atoms with van der Waals surface area (Å²) in [7, 11) is 1.84. The maximum absolute atomic E-state index is 5.48. The van der Waals surface area contributed by atoms with Gasteiger partial charge in [-0.25, -0.2) is 0 Å². The van der Waals surface area contributed by atoms with Crippen molar-refractivity contribution in [2.24, 2.45) is 5.41 Å². The second-order valence-electron chi connectivity index (χ2n) is 4.76. The first kappa shape index (κ1) is 8.52. The summed E-state index contributed by atoms with van der Waals surface area (Å²) in [6.45, 7) is 4.65. The van der Waals surface area contributed by atoms with Crippen molar-refractivity contribution in [1.29, 1.82) is 0 Å². The summed E-state index contributed by atoms with van der Waals surface area (Å²) >= 11 is 0. The molecule has 0 atom stereocenters. The van der Waals surface area contributed by atoms with Crippen LogP contribution in [0.15, 0.2) is 0 Å². The van der Waals surface area contributed by atoms with E-state index in [0.717, 1.165) is 0 Å². The lowest BCUT2D eigenvalue weighted by atomic mass is 9.56. The number of nitrogens with one attached hydrogen (secondary N) is 1. The van der Waals surface area contributed by atoms with Crippen molar-refractivity contribution in [2.75, 3.05) is 20.2 Å². The third-order valence-electron chi connectivity index (χ3n) is 3.65. The smallest absolute Gasteiger partial charge is 0.0661 e. The molecule has 1 aliphatic heterocycles. The summed E-state index contributed by atoms with van der Waals surface area (Å²) in [4.78, 5) is 0. The molecule has 1 N–H and O–H groups in total. The SMILES string of the molecule is COC1(C)CC2(CCNCC2)C1. The Balaban J connectivity index is 1.92. The highest BCUT2D eigenvalue weighted by Crippen LogP contribution is 2.55. The molecule has 0 amide bonds. The molecule has 2 fully saturated rings. The van der Waals surface area contributed by atoms with Crippen molar-refractivity contribution in [2.45, 2.75) is 38.2 Å². The minimum atomic E-state index is 0.206. The summed E-state index contributed by atoms with van der Waals surface area (Å²) in [5.41, 5.74) is 0.855. The van der Waals surface area contributed by atoms with E-state index in [4.69, 9.17) is 4.74 Å². The Morgan fingerprint density at radius 3 is 2.25 bits per heavy atom. The molecular formula is C10H19NO. The van der Waals surface area contributed by atoms with Gasteiger partial charge in [0.05, 0.1) is 5.60 Å². The van der Waals surface area contributed by atoms with Gasteiger partial charge in [-0.15, -0.1) is 0 Å². The molecule has 2 nitrogen and oxygen atoms in total. The normalized spacial score (nSPS) is 31.5. The van der Waals surface area contributed by atoms with Gasteiger partial charge in [0.2, 0.25) is 0 Å². The van der Waals surface area contributed by atoms with Crippen LogP contribution in [0.4, 0.5) is 0 Å². The molecule has 1 aliphatic carbocycles.